The van der Waals surface area contributed by atoms with Gasteiger partial charge < -0.3 is 15.3 Å². The standard InChI is InChI=1S/C8H9Cl2NO3/c9-6-1-4(2-7(10)11-6)8(14)5(13)3-12/h1-2,5,8,12-14H,3H2. The molecule has 0 amide bonds. The third kappa shape index (κ3) is 2.80. The van der Waals surface area contributed by atoms with E-state index >= 15 is 0 Å². The van der Waals surface area contributed by atoms with Crippen LogP contribution < -0.4 is 0 Å². The summed E-state index contributed by atoms with van der Waals surface area (Å²) in [6, 6.07) is 2.74. The molecule has 0 aliphatic rings. The van der Waals surface area contributed by atoms with Crippen molar-refractivity contribution in [1.29, 1.82) is 0 Å². The van der Waals surface area contributed by atoms with Gasteiger partial charge in [0.2, 0.25) is 0 Å². The molecule has 1 aromatic heterocycles. The molecule has 2 unspecified atom stereocenters. The number of aliphatic hydroxyl groups is 3. The molecule has 78 valence electrons. The highest BCUT2D eigenvalue weighted by atomic mass is 35.5. The number of halogens is 2. The molecule has 4 nitrogen and oxygen atoms in total. The number of pyridine rings is 1. The molecule has 0 spiro atoms. The zero-order valence-electron chi connectivity index (χ0n) is 7.06. The van der Waals surface area contributed by atoms with Crippen molar-refractivity contribution in [3.63, 3.8) is 0 Å². The van der Waals surface area contributed by atoms with E-state index in [4.69, 9.17) is 33.4 Å². The van der Waals surface area contributed by atoms with Gasteiger partial charge in [0.25, 0.3) is 0 Å². The Labute approximate surface area is 90.7 Å². The number of rotatable bonds is 3. The van der Waals surface area contributed by atoms with E-state index in [-0.39, 0.29) is 10.3 Å². The molecule has 0 saturated carbocycles. The predicted molar refractivity (Wildman–Crippen MR) is 52.3 cm³/mol. The lowest BCUT2D eigenvalue weighted by Gasteiger charge is -2.15. The monoisotopic (exact) mass is 237 g/mol. The first-order chi connectivity index (χ1) is 6.54. The van der Waals surface area contributed by atoms with Gasteiger partial charge in [-0.3, -0.25) is 0 Å². The molecule has 6 heteroatoms. The lowest BCUT2D eigenvalue weighted by molar-refractivity contribution is -0.0152. The van der Waals surface area contributed by atoms with Crippen LogP contribution in [-0.2, 0) is 0 Å². The second-order valence-corrected chi connectivity index (χ2v) is 3.52. The van der Waals surface area contributed by atoms with E-state index in [1.807, 2.05) is 0 Å². The van der Waals surface area contributed by atoms with Crippen LogP contribution in [0.1, 0.15) is 11.7 Å². The summed E-state index contributed by atoms with van der Waals surface area (Å²) >= 11 is 11.2. The van der Waals surface area contributed by atoms with Gasteiger partial charge in [-0.15, -0.1) is 0 Å². The highest BCUT2D eigenvalue weighted by Gasteiger charge is 2.18. The third-order valence-corrected chi connectivity index (χ3v) is 2.07. The van der Waals surface area contributed by atoms with Gasteiger partial charge in [0, 0.05) is 0 Å². The van der Waals surface area contributed by atoms with Crippen LogP contribution in [-0.4, -0.2) is 33.0 Å². The Hall–Kier alpha value is -0.390. The largest absolute Gasteiger partial charge is 0.394 e. The van der Waals surface area contributed by atoms with Crippen molar-refractivity contribution >= 4 is 23.2 Å². The van der Waals surface area contributed by atoms with E-state index in [0.717, 1.165) is 0 Å². The van der Waals surface area contributed by atoms with Crippen LogP contribution >= 0.6 is 23.2 Å². The Morgan fingerprint density at radius 3 is 2.14 bits per heavy atom. The zero-order valence-corrected chi connectivity index (χ0v) is 8.57. The van der Waals surface area contributed by atoms with Gasteiger partial charge in [0.1, 0.15) is 22.5 Å². The average molecular weight is 238 g/mol. The van der Waals surface area contributed by atoms with Crippen molar-refractivity contribution in [2.24, 2.45) is 0 Å². The van der Waals surface area contributed by atoms with E-state index < -0.39 is 18.8 Å². The Morgan fingerprint density at radius 1 is 1.21 bits per heavy atom. The minimum absolute atomic E-state index is 0.122. The second-order valence-electron chi connectivity index (χ2n) is 2.74. The number of hydrogen-bond donors (Lipinski definition) is 3. The quantitative estimate of drug-likeness (QED) is 0.680. The summed E-state index contributed by atoms with van der Waals surface area (Å²) in [4.78, 5) is 3.68. The van der Waals surface area contributed by atoms with E-state index in [9.17, 15) is 5.11 Å². The van der Waals surface area contributed by atoms with Gasteiger partial charge in [-0.2, -0.15) is 0 Å². The summed E-state index contributed by atoms with van der Waals surface area (Å²) in [5.41, 5.74) is 0.316. The van der Waals surface area contributed by atoms with Crippen LogP contribution in [0.2, 0.25) is 10.3 Å². The summed E-state index contributed by atoms with van der Waals surface area (Å²) < 4.78 is 0. The highest BCUT2D eigenvalue weighted by molar-refractivity contribution is 6.32. The lowest BCUT2D eigenvalue weighted by Crippen LogP contribution is -2.22. The van der Waals surface area contributed by atoms with Gasteiger partial charge in [0.05, 0.1) is 6.61 Å². The first-order valence-corrected chi connectivity index (χ1v) is 4.60. The fraction of sp³-hybridized carbons (Fsp3) is 0.375. The van der Waals surface area contributed by atoms with Crippen LogP contribution in [0.25, 0.3) is 0 Å². The Bertz CT molecular complexity index is 301. The number of aromatic nitrogens is 1. The molecule has 1 aromatic rings. The van der Waals surface area contributed by atoms with Crippen molar-refractivity contribution in [2.75, 3.05) is 6.61 Å². The van der Waals surface area contributed by atoms with Crippen LogP contribution in [0.15, 0.2) is 12.1 Å². The molecule has 14 heavy (non-hydrogen) atoms. The van der Waals surface area contributed by atoms with Crippen molar-refractivity contribution in [2.45, 2.75) is 12.2 Å². The minimum atomic E-state index is -1.26. The van der Waals surface area contributed by atoms with Crippen LogP contribution in [0.5, 0.6) is 0 Å². The lowest BCUT2D eigenvalue weighted by atomic mass is 10.1. The van der Waals surface area contributed by atoms with Crippen molar-refractivity contribution in [1.82, 2.24) is 4.98 Å². The first kappa shape index (κ1) is 11.7. The smallest absolute Gasteiger partial charge is 0.131 e. The fourth-order valence-corrected chi connectivity index (χ4v) is 1.45. The molecule has 0 fully saturated rings. The summed E-state index contributed by atoms with van der Waals surface area (Å²) in [6.07, 6.45) is -2.48. The maximum atomic E-state index is 9.48. The summed E-state index contributed by atoms with van der Waals surface area (Å²) in [5, 5.41) is 27.5. The van der Waals surface area contributed by atoms with Gasteiger partial charge >= 0.3 is 0 Å². The summed E-state index contributed by atoms with van der Waals surface area (Å²) in [5.74, 6) is 0. The van der Waals surface area contributed by atoms with Crippen LogP contribution in [0, 0.1) is 0 Å². The molecule has 0 radical (unpaired) electrons. The van der Waals surface area contributed by atoms with E-state index in [0.29, 0.717) is 5.56 Å². The molecule has 0 aliphatic carbocycles. The van der Waals surface area contributed by atoms with Crippen LogP contribution in [0.3, 0.4) is 0 Å². The molecular weight excluding hydrogens is 229 g/mol. The molecular formula is C8H9Cl2NO3. The second kappa shape index (κ2) is 4.91. The number of aliphatic hydroxyl groups excluding tert-OH is 3. The molecule has 0 aromatic carbocycles. The van der Waals surface area contributed by atoms with E-state index in [1.165, 1.54) is 12.1 Å². The van der Waals surface area contributed by atoms with Gasteiger partial charge in [-0.25, -0.2) is 4.98 Å². The Morgan fingerprint density at radius 2 is 1.71 bits per heavy atom. The Kier molecular flexibility index (Phi) is 4.10. The zero-order chi connectivity index (χ0) is 10.7. The van der Waals surface area contributed by atoms with Crippen LogP contribution in [0.4, 0.5) is 0 Å². The Balaban J connectivity index is 2.94. The molecule has 3 N–H and O–H groups in total. The van der Waals surface area contributed by atoms with Gasteiger partial charge in [-0.05, 0) is 17.7 Å². The summed E-state index contributed by atoms with van der Waals surface area (Å²) in [6.45, 7) is -0.543. The van der Waals surface area contributed by atoms with Crippen molar-refractivity contribution in [3.8, 4) is 0 Å². The van der Waals surface area contributed by atoms with Crippen molar-refractivity contribution in [3.05, 3.63) is 28.0 Å². The maximum absolute atomic E-state index is 9.48. The number of nitrogens with zero attached hydrogens (tertiary/aromatic N) is 1. The third-order valence-electron chi connectivity index (χ3n) is 1.68. The first-order valence-electron chi connectivity index (χ1n) is 3.84. The van der Waals surface area contributed by atoms with E-state index in [1.54, 1.807) is 0 Å². The molecule has 0 saturated heterocycles. The molecule has 0 bridgehead atoms. The van der Waals surface area contributed by atoms with Gasteiger partial charge in [0.15, 0.2) is 0 Å². The number of hydrogen-bond acceptors (Lipinski definition) is 4. The molecule has 0 aliphatic heterocycles. The minimum Gasteiger partial charge on any atom is -0.394 e. The normalized spacial score (nSPS) is 15.2. The van der Waals surface area contributed by atoms with E-state index in [2.05, 4.69) is 4.98 Å². The molecule has 1 rings (SSSR count). The highest BCUT2D eigenvalue weighted by Crippen LogP contribution is 2.22. The summed E-state index contributed by atoms with van der Waals surface area (Å²) in [7, 11) is 0. The topological polar surface area (TPSA) is 73.6 Å². The molecule has 1 heterocycles. The maximum Gasteiger partial charge on any atom is 0.131 e. The van der Waals surface area contributed by atoms with Crippen molar-refractivity contribution < 1.29 is 15.3 Å². The molecule has 2 atom stereocenters. The SMILES string of the molecule is OCC(O)C(O)c1cc(Cl)nc(Cl)c1. The fourth-order valence-electron chi connectivity index (χ4n) is 0.976. The predicted octanol–water partition coefficient (Wildman–Crippen LogP) is 0.775. The average Bonchev–Trinajstić information content (AvgIpc) is 2.14. The van der Waals surface area contributed by atoms with Gasteiger partial charge in [-0.1, -0.05) is 23.2 Å².